The third-order valence-electron chi connectivity index (χ3n) is 4.76. The van der Waals surface area contributed by atoms with Crippen LogP contribution in [0.5, 0.6) is 0 Å². The van der Waals surface area contributed by atoms with E-state index in [1.54, 1.807) is 12.1 Å². The molecule has 3 aromatic rings. The van der Waals surface area contributed by atoms with Crippen LogP contribution < -0.4 is 10.7 Å². The van der Waals surface area contributed by atoms with Crippen molar-refractivity contribution in [3.05, 3.63) is 68.8 Å². The summed E-state index contributed by atoms with van der Waals surface area (Å²) in [7, 11) is 0. The van der Waals surface area contributed by atoms with Gasteiger partial charge in [0.2, 0.25) is 5.43 Å². The van der Waals surface area contributed by atoms with Crippen molar-refractivity contribution in [3.8, 4) is 11.1 Å². The monoisotopic (exact) mass is 338 g/mol. The molecule has 2 aromatic carbocycles. The van der Waals surface area contributed by atoms with E-state index in [0.29, 0.717) is 29.6 Å². The van der Waals surface area contributed by atoms with Crippen LogP contribution in [0.3, 0.4) is 0 Å². The maximum absolute atomic E-state index is 14.3. The molecule has 4 rings (SSSR count). The van der Waals surface area contributed by atoms with Crippen molar-refractivity contribution in [1.82, 2.24) is 10.3 Å². The van der Waals surface area contributed by atoms with Crippen LogP contribution in [0.2, 0.25) is 0 Å². The molecular weight excluding hydrogens is 323 g/mol. The first kappa shape index (κ1) is 15.5. The van der Waals surface area contributed by atoms with Crippen LogP contribution in [0.15, 0.2) is 35.3 Å². The van der Waals surface area contributed by atoms with Crippen molar-refractivity contribution in [2.45, 2.75) is 20.0 Å². The fourth-order valence-corrected chi connectivity index (χ4v) is 3.44. The van der Waals surface area contributed by atoms with E-state index in [1.807, 2.05) is 13.0 Å². The molecule has 1 aliphatic rings. The molecule has 2 heterocycles. The van der Waals surface area contributed by atoms with Gasteiger partial charge in [0, 0.05) is 30.2 Å². The van der Waals surface area contributed by atoms with Crippen LogP contribution in [-0.2, 0) is 13.1 Å². The van der Waals surface area contributed by atoms with Gasteiger partial charge >= 0.3 is 5.97 Å². The number of hydrogen-bond acceptors (Lipinski definition) is 3. The summed E-state index contributed by atoms with van der Waals surface area (Å²) >= 11 is 0. The lowest BCUT2D eigenvalue weighted by molar-refractivity contribution is 0.0695. The van der Waals surface area contributed by atoms with Gasteiger partial charge in [-0.25, -0.2) is 9.18 Å². The highest BCUT2D eigenvalue weighted by molar-refractivity contribution is 5.95. The molecule has 0 spiro atoms. The molecule has 0 aliphatic carbocycles. The second kappa shape index (κ2) is 5.53. The molecule has 5 nitrogen and oxygen atoms in total. The number of aromatic amines is 1. The van der Waals surface area contributed by atoms with Gasteiger partial charge < -0.3 is 15.4 Å². The number of hydrogen-bond donors (Lipinski definition) is 3. The number of aromatic nitrogens is 1. The van der Waals surface area contributed by atoms with Crippen LogP contribution in [0.1, 0.15) is 27.0 Å². The first-order valence-corrected chi connectivity index (χ1v) is 7.88. The summed E-state index contributed by atoms with van der Waals surface area (Å²) in [6.45, 7) is 2.99. The number of fused-ring (bicyclic) bond motifs is 2. The molecule has 0 radical (unpaired) electrons. The van der Waals surface area contributed by atoms with E-state index in [0.717, 1.165) is 22.3 Å². The Bertz CT molecular complexity index is 1100. The Hall–Kier alpha value is -2.99. The summed E-state index contributed by atoms with van der Waals surface area (Å²) in [6.07, 6.45) is 1.21. The van der Waals surface area contributed by atoms with Crippen LogP contribution in [0, 0.1) is 12.7 Å². The fourth-order valence-electron chi connectivity index (χ4n) is 3.44. The average molecular weight is 338 g/mol. The van der Waals surface area contributed by atoms with Gasteiger partial charge in [-0.1, -0.05) is 6.07 Å². The maximum Gasteiger partial charge on any atom is 0.341 e. The Kier molecular flexibility index (Phi) is 3.43. The number of carboxylic acid groups (broad SMARTS) is 1. The van der Waals surface area contributed by atoms with E-state index in [-0.39, 0.29) is 11.4 Å². The Morgan fingerprint density at radius 2 is 2.04 bits per heavy atom. The predicted octanol–water partition coefficient (Wildman–Crippen LogP) is 2.94. The minimum Gasteiger partial charge on any atom is -0.477 e. The zero-order valence-corrected chi connectivity index (χ0v) is 13.4. The first-order chi connectivity index (χ1) is 12.0. The molecule has 0 bridgehead atoms. The van der Waals surface area contributed by atoms with Gasteiger partial charge in [-0.3, -0.25) is 4.79 Å². The van der Waals surface area contributed by atoms with Gasteiger partial charge in [0.15, 0.2) is 0 Å². The smallest absolute Gasteiger partial charge is 0.341 e. The lowest BCUT2D eigenvalue weighted by Gasteiger charge is -2.12. The minimum atomic E-state index is -1.27. The standard InChI is InChI=1S/C19H15FN2O3/c1-9-12(10-4-11-6-21-7-14(11)16(20)5-10)2-3-13-17(9)22-8-15(18(13)23)19(24)25/h2-5,8,21H,6-7H2,1H3,(H,22,23)(H,24,25). The molecule has 0 saturated carbocycles. The number of halogens is 1. The number of rotatable bonds is 2. The van der Waals surface area contributed by atoms with Crippen molar-refractivity contribution in [1.29, 1.82) is 0 Å². The Labute approximate surface area is 142 Å². The molecule has 0 amide bonds. The Morgan fingerprint density at radius 3 is 2.80 bits per heavy atom. The first-order valence-electron chi connectivity index (χ1n) is 7.88. The number of nitrogens with one attached hydrogen (secondary N) is 2. The molecular formula is C19H15FN2O3. The van der Waals surface area contributed by atoms with E-state index >= 15 is 0 Å². The molecule has 0 saturated heterocycles. The second-order valence-corrected chi connectivity index (χ2v) is 6.20. The molecule has 25 heavy (non-hydrogen) atoms. The normalized spacial score (nSPS) is 13.2. The molecule has 1 aliphatic heterocycles. The highest BCUT2D eigenvalue weighted by Gasteiger charge is 2.19. The van der Waals surface area contributed by atoms with Gasteiger partial charge in [0.25, 0.3) is 0 Å². The molecule has 0 fully saturated rings. The number of pyridine rings is 1. The summed E-state index contributed by atoms with van der Waals surface area (Å²) in [5, 5.41) is 12.5. The van der Waals surface area contributed by atoms with Gasteiger partial charge in [-0.2, -0.15) is 0 Å². The van der Waals surface area contributed by atoms with Crippen LogP contribution >= 0.6 is 0 Å². The van der Waals surface area contributed by atoms with Crippen molar-refractivity contribution in [2.75, 3.05) is 0 Å². The third-order valence-corrected chi connectivity index (χ3v) is 4.76. The lowest BCUT2D eigenvalue weighted by Crippen LogP contribution is -2.15. The molecule has 6 heteroatoms. The van der Waals surface area contributed by atoms with E-state index in [2.05, 4.69) is 10.3 Å². The summed E-state index contributed by atoms with van der Waals surface area (Å²) in [4.78, 5) is 26.3. The van der Waals surface area contributed by atoms with Crippen LogP contribution in [0.4, 0.5) is 4.39 Å². The third kappa shape index (κ3) is 2.34. The zero-order chi connectivity index (χ0) is 17.7. The van der Waals surface area contributed by atoms with Crippen molar-refractivity contribution < 1.29 is 14.3 Å². The summed E-state index contributed by atoms with van der Waals surface area (Å²) in [6, 6.07) is 6.79. The van der Waals surface area contributed by atoms with E-state index in [4.69, 9.17) is 5.11 Å². The zero-order valence-electron chi connectivity index (χ0n) is 13.4. The number of aromatic carboxylic acids is 1. The largest absolute Gasteiger partial charge is 0.477 e. The lowest BCUT2D eigenvalue weighted by atomic mass is 9.94. The molecule has 1 aromatic heterocycles. The number of H-pyrrole nitrogens is 1. The Morgan fingerprint density at radius 1 is 1.24 bits per heavy atom. The maximum atomic E-state index is 14.3. The number of carbonyl (C=O) groups is 1. The second-order valence-electron chi connectivity index (χ2n) is 6.20. The number of benzene rings is 2. The van der Waals surface area contributed by atoms with Gasteiger partial charge in [0.1, 0.15) is 11.4 Å². The highest BCUT2D eigenvalue weighted by Crippen LogP contribution is 2.31. The molecule has 0 unspecified atom stereocenters. The SMILES string of the molecule is Cc1c(-c2cc(F)c3c(c2)CNC3)ccc2c(=O)c(C(=O)O)c[nH]c12. The van der Waals surface area contributed by atoms with E-state index < -0.39 is 11.4 Å². The van der Waals surface area contributed by atoms with Crippen LogP contribution in [0.25, 0.3) is 22.0 Å². The fraction of sp³-hybridized carbons (Fsp3) is 0.158. The Balaban J connectivity index is 1.94. The number of aryl methyl sites for hydroxylation is 1. The average Bonchev–Trinajstić information content (AvgIpc) is 3.04. The van der Waals surface area contributed by atoms with E-state index in [1.165, 1.54) is 12.3 Å². The highest BCUT2D eigenvalue weighted by atomic mass is 19.1. The van der Waals surface area contributed by atoms with Gasteiger partial charge in [-0.05, 0) is 47.4 Å². The summed E-state index contributed by atoms with van der Waals surface area (Å²) in [5.41, 5.74) is 3.69. The summed E-state index contributed by atoms with van der Waals surface area (Å²) < 4.78 is 14.3. The minimum absolute atomic E-state index is 0.244. The van der Waals surface area contributed by atoms with E-state index in [9.17, 15) is 14.0 Å². The van der Waals surface area contributed by atoms with Crippen molar-refractivity contribution >= 4 is 16.9 Å². The van der Waals surface area contributed by atoms with Crippen molar-refractivity contribution in [2.24, 2.45) is 0 Å². The molecule has 3 N–H and O–H groups in total. The van der Waals surface area contributed by atoms with Crippen LogP contribution in [-0.4, -0.2) is 16.1 Å². The quantitative estimate of drug-likeness (QED) is 0.671. The van der Waals surface area contributed by atoms with Gasteiger partial charge in [0.05, 0.1) is 5.52 Å². The van der Waals surface area contributed by atoms with Gasteiger partial charge in [-0.15, -0.1) is 0 Å². The number of carboxylic acids is 1. The molecule has 0 atom stereocenters. The summed E-state index contributed by atoms with van der Waals surface area (Å²) in [5.74, 6) is -1.51. The molecule has 126 valence electrons. The predicted molar refractivity (Wildman–Crippen MR) is 92.2 cm³/mol. The van der Waals surface area contributed by atoms with Crippen molar-refractivity contribution in [3.63, 3.8) is 0 Å². The topological polar surface area (TPSA) is 82.2 Å².